The summed E-state index contributed by atoms with van der Waals surface area (Å²) in [4.78, 5) is 32.0. The fourth-order valence-electron chi connectivity index (χ4n) is 1.76. The summed E-state index contributed by atoms with van der Waals surface area (Å²) in [6.07, 6.45) is -3.52. The fraction of sp³-hybridized carbons (Fsp3) is 0.889. The second kappa shape index (κ2) is 7.59. The maximum absolute atomic E-state index is 10.8. The van der Waals surface area contributed by atoms with Crippen molar-refractivity contribution in [2.24, 2.45) is 10.4 Å². The molecule has 1 aliphatic rings. The van der Waals surface area contributed by atoms with Crippen LogP contribution in [0.1, 0.15) is 0 Å². The van der Waals surface area contributed by atoms with Crippen LogP contribution in [0.3, 0.4) is 0 Å². The number of hydrogen-bond acceptors (Lipinski definition) is 10. The molecule has 0 radical (unpaired) electrons. The molecule has 1 rings (SSSR count). The van der Waals surface area contributed by atoms with E-state index < -0.39 is 48.3 Å². The van der Waals surface area contributed by atoms with Crippen LogP contribution in [0.5, 0.6) is 0 Å². The van der Waals surface area contributed by atoms with E-state index in [4.69, 9.17) is 10.2 Å². The summed E-state index contributed by atoms with van der Waals surface area (Å²) in [6.45, 7) is -0.795. The minimum atomic E-state index is -1.77. The van der Waals surface area contributed by atoms with Crippen molar-refractivity contribution in [3.8, 4) is 0 Å². The molecule has 0 bridgehead atoms. The number of thioether (sulfide) groups is 1. The first-order chi connectivity index (χ1) is 9.46. The third-order valence-electron chi connectivity index (χ3n) is 2.95. The van der Waals surface area contributed by atoms with E-state index in [1.807, 2.05) is 0 Å². The molecule has 1 fully saturated rings. The Hall–Kier alpha value is -1.14. The van der Waals surface area contributed by atoms with E-state index in [9.17, 15) is 24.8 Å². The van der Waals surface area contributed by atoms with Crippen molar-refractivity contribution in [2.45, 2.75) is 35.7 Å². The monoisotopic (exact) mass is 309 g/mol. The van der Waals surface area contributed by atoms with Gasteiger partial charge in [-0.05, 0) is 0 Å². The zero-order valence-corrected chi connectivity index (χ0v) is 11.0. The summed E-state index contributed by atoms with van der Waals surface area (Å²) < 4.78 is 0. The number of carboxylic acid groups (broad SMARTS) is 1. The summed E-state index contributed by atoms with van der Waals surface area (Å²) in [5, 5.41) is 44.0. The van der Waals surface area contributed by atoms with E-state index >= 15 is 0 Å². The molecule has 0 aliphatic carbocycles. The molecule has 0 aromatic rings. The zero-order chi connectivity index (χ0) is 15.3. The van der Waals surface area contributed by atoms with Gasteiger partial charge in [-0.15, -0.1) is 11.8 Å². The Morgan fingerprint density at radius 3 is 2.35 bits per heavy atom. The average molecular weight is 309 g/mol. The lowest BCUT2D eigenvalue weighted by Gasteiger charge is -2.27. The number of rotatable bonds is 8. The van der Waals surface area contributed by atoms with Gasteiger partial charge in [0.15, 0.2) is 0 Å². The Morgan fingerprint density at radius 1 is 1.30 bits per heavy atom. The molecule has 20 heavy (non-hydrogen) atoms. The van der Waals surface area contributed by atoms with Crippen molar-refractivity contribution in [1.29, 1.82) is 0 Å². The van der Waals surface area contributed by atoms with Crippen LogP contribution in [0.4, 0.5) is 0 Å². The van der Waals surface area contributed by atoms with Crippen LogP contribution < -0.4 is 5.32 Å². The predicted octanol–water partition coefficient (Wildman–Crippen LogP) is -1.91. The van der Waals surface area contributed by atoms with E-state index in [2.05, 4.69) is 15.7 Å². The van der Waals surface area contributed by atoms with Crippen molar-refractivity contribution in [2.75, 3.05) is 12.4 Å². The average Bonchev–Trinajstić information content (AvgIpc) is 2.90. The summed E-state index contributed by atoms with van der Waals surface area (Å²) in [6, 6.07) is -3.76. The van der Waals surface area contributed by atoms with Gasteiger partial charge in [0, 0.05) is 5.75 Å². The number of carboxylic acids is 1. The number of nitroso groups, excluding NO2 is 2. The number of nitrogens with zero attached hydrogens (tertiary/aromatic N) is 2. The number of aliphatic hydroxyl groups excluding tert-OH is 3. The minimum Gasteiger partial charge on any atom is -0.480 e. The standard InChI is InChI=1S/C9H15N3O7S/c13-1-3(11-18)6(14)7(15)5(12-19)8-10-4(2-20-8)9(16)17/h3-8,10,13-15H,1-2H2,(H,16,17). The first kappa shape index (κ1) is 16.9. The highest BCUT2D eigenvalue weighted by Gasteiger charge is 2.42. The number of carbonyl (C=O) groups is 1. The van der Waals surface area contributed by atoms with E-state index in [1.54, 1.807) is 0 Å². The van der Waals surface area contributed by atoms with Crippen LogP contribution >= 0.6 is 11.8 Å². The Kier molecular flexibility index (Phi) is 6.42. The van der Waals surface area contributed by atoms with E-state index in [0.717, 1.165) is 11.8 Å². The molecule has 11 heteroatoms. The van der Waals surface area contributed by atoms with Crippen LogP contribution in [0, 0.1) is 9.81 Å². The lowest BCUT2D eigenvalue weighted by atomic mass is 10.00. The molecule has 0 aromatic carbocycles. The third-order valence-corrected chi connectivity index (χ3v) is 4.25. The van der Waals surface area contributed by atoms with Gasteiger partial charge in [0.05, 0.1) is 12.0 Å². The molecular formula is C9H15N3O7S. The highest BCUT2D eigenvalue weighted by atomic mass is 32.2. The zero-order valence-electron chi connectivity index (χ0n) is 10.2. The minimum absolute atomic E-state index is 0.171. The van der Waals surface area contributed by atoms with Gasteiger partial charge in [-0.25, -0.2) is 0 Å². The molecule has 0 amide bonds. The second-order valence-corrected chi connectivity index (χ2v) is 5.42. The first-order valence-electron chi connectivity index (χ1n) is 5.68. The van der Waals surface area contributed by atoms with E-state index in [-0.39, 0.29) is 5.75 Å². The molecule has 1 saturated heterocycles. The van der Waals surface area contributed by atoms with Crippen molar-refractivity contribution >= 4 is 17.7 Å². The molecule has 10 nitrogen and oxygen atoms in total. The topological polar surface area (TPSA) is 169 Å². The quantitative estimate of drug-likeness (QED) is 0.321. The Bertz CT molecular complexity index is 371. The fourth-order valence-corrected chi connectivity index (χ4v) is 3.07. The van der Waals surface area contributed by atoms with Crippen LogP contribution in [0.25, 0.3) is 0 Å². The van der Waals surface area contributed by atoms with Crippen molar-refractivity contribution in [1.82, 2.24) is 5.32 Å². The smallest absolute Gasteiger partial charge is 0.321 e. The van der Waals surface area contributed by atoms with Crippen molar-refractivity contribution in [3.63, 3.8) is 0 Å². The number of aliphatic carboxylic acids is 1. The summed E-state index contributed by atoms with van der Waals surface area (Å²) in [7, 11) is 0. The molecule has 5 N–H and O–H groups in total. The Labute approximate surface area is 117 Å². The molecule has 1 heterocycles. The first-order valence-corrected chi connectivity index (χ1v) is 6.73. The highest BCUT2D eigenvalue weighted by Crippen LogP contribution is 2.26. The summed E-state index contributed by atoms with van der Waals surface area (Å²) in [5.41, 5.74) is 0. The third kappa shape index (κ3) is 3.70. The SMILES string of the molecule is O=NC(CO)C(O)C(O)C(N=O)C1NC(C(=O)O)CS1. The second-order valence-electron chi connectivity index (χ2n) is 4.24. The summed E-state index contributed by atoms with van der Waals surface area (Å²) >= 11 is 1.06. The van der Waals surface area contributed by atoms with E-state index in [1.165, 1.54) is 0 Å². The van der Waals surface area contributed by atoms with Gasteiger partial charge >= 0.3 is 5.97 Å². The van der Waals surface area contributed by atoms with Crippen LogP contribution in [0.15, 0.2) is 10.4 Å². The predicted molar refractivity (Wildman–Crippen MR) is 69.1 cm³/mol. The van der Waals surface area contributed by atoms with Gasteiger partial charge in [0.1, 0.15) is 30.3 Å². The van der Waals surface area contributed by atoms with Crippen LogP contribution in [0.2, 0.25) is 0 Å². The molecule has 0 aromatic heterocycles. The molecular weight excluding hydrogens is 294 g/mol. The largest absolute Gasteiger partial charge is 0.480 e. The van der Waals surface area contributed by atoms with Crippen molar-refractivity contribution in [3.05, 3.63) is 9.81 Å². The lowest BCUT2D eigenvalue weighted by Crippen LogP contribution is -2.51. The number of nitrogens with one attached hydrogen (secondary N) is 1. The highest BCUT2D eigenvalue weighted by molar-refractivity contribution is 8.00. The molecule has 6 unspecified atom stereocenters. The maximum Gasteiger partial charge on any atom is 0.321 e. The van der Waals surface area contributed by atoms with Gasteiger partial charge in [0.25, 0.3) is 0 Å². The van der Waals surface area contributed by atoms with Crippen LogP contribution in [-0.2, 0) is 4.79 Å². The van der Waals surface area contributed by atoms with Crippen molar-refractivity contribution < 1.29 is 25.2 Å². The van der Waals surface area contributed by atoms with Gasteiger partial charge in [-0.3, -0.25) is 10.1 Å². The number of hydrogen-bond donors (Lipinski definition) is 5. The molecule has 0 spiro atoms. The molecule has 0 saturated carbocycles. The molecule has 6 atom stereocenters. The molecule has 1 aliphatic heterocycles. The Morgan fingerprint density at radius 2 is 1.95 bits per heavy atom. The summed E-state index contributed by atoms with van der Waals surface area (Å²) in [5.74, 6) is -0.938. The Balaban J connectivity index is 2.73. The normalized spacial score (nSPS) is 28.4. The molecule has 114 valence electrons. The van der Waals surface area contributed by atoms with Gasteiger partial charge in [0.2, 0.25) is 0 Å². The maximum atomic E-state index is 10.8. The lowest BCUT2D eigenvalue weighted by molar-refractivity contribution is -0.138. The van der Waals surface area contributed by atoms with Gasteiger partial charge in [-0.1, -0.05) is 10.4 Å². The van der Waals surface area contributed by atoms with Gasteiger partial charge in [-0.2, -0.15) is 9.81 Å². The van der Waals surface area contributed by atoms with Gasteiger partial charge < -0.3 is 20.4 Å². The van der Waals surface area contributed by atoms with E-state index in [0.29, 0.717) is 0 Å². The number of aliphatic hydroxyl groups is 3. The van der Waals surface area contributed by atoms with Crippen LogP contribution in [-0.4, -0.2) is 74.5 Å².